The van der Waals surface area contributed by atoms with Crippen LogP contribution in [-0.4, -0.2) is 23.3 Å². The first-order valence-corrected chi connectivity index (χ1v) is 5.41. The third-order valence-corrected chi connectivity index (χ3v) is 2.43. The van der Waals surface area contributed by atoms with Crippen LogP contribution in [0, 0.1) is 5.92 Å². The Kier molecular flexibility index (Phi) is 3.50. The Balaban J connectivity index is 2.59. The van der Waals surface area contributed by atoms with Crippen molar-refractivity contribution in [3.8, 4) is 0 Å². The number of carbonyl (C=O) groups is 2. The molecule has 1 atom stereocenters. The van der Waals surface area contributed by atoms with E-state index in [1.165, 1.54) is 0 Å². The summed E-state index contributed by atoms with van der Waals surface area (Å²) in [5.41, 5.74) is 4.85. The molecule has 0 aliphatic heterocycles. The van der Waals surface area contributed by atoms with Gasteiger partial charge in [-0.05, 0) is 33.1 Å². The van der Waals surface area contributed by atoms with Crippen molar-refractivity contribution in [1.29, 1.82) is 0 Å². The number of hydrogen-bond donors (Lipinski definition) is 2. The van der Waals surface area contributed by atoms with E-state index in [0.717, 1.165) is 19.3 Å². The monoisotopic (exact) mass is 212 g/mol. The average molecular weight is 212 g/mol. The second-order valence-electron chi connectivity index (χ2n) is 5.35. The highest BCUT2D eigenvalue weighted by atomic mass is 16.2. The Morgan fingerprint density at radius 3 is 2.27 bits per heavy atom. The maximum absolute atomic E-state index is 11.5. The van der Waals surface area contributed by atoms with E-state index < -0.39 is 17.7 Å². The van der Waals surface area contributed by atoms with Gasteiger partial charge in [0.25, 0.3) is 5.91 Å². The standard InChI is InChI=1S/C11H20N2O2/c1-11(2,3)13-8(6-7-4-5-7)9(14)10(12)15/h7-8,13H,4-6H2,1-3H3,(H2,12,15)/t8-/m0/s1. The minimum absolute atomic E-state index is 0.176. The molecule has 0 heterocycles. The highest BCUT2D eigenvalue weighted by molar-refractivity contribution is 6.37. The lowest BCUT2D eigenvalue weighted by Gasteiger charge is -2.27. The van der Waals surface area contributed by atoms with E-state index in [1.807, 2.05) is 20.8 Å². The fourth-order valence-electron chi connectivity index (χ4n) is 1.61. The number of nitrogens with two attached hydrogens (primary N) is 1. The first-order chi connectivity index (χ1) is 6.79. The number of carbonyl (C=O) groups excluding carboxylic acids is 2. The molecule has 1 amide bonds. The quantitative estimate of drug-likeness (QED) is 0.655. The third kappa shape index (κ3) is 4.42. The maximum atomic E-state index is 11.5. The number of primary amides is 1. The molecule has 1 fully saturated rings. The summed E-state index contributed by atoms with van der Waals surface area (Å²) in [4.78, 5) is 22.4. The molecule has 1 rings (SSSR count). The second kappa shape index (κ2) is 4.31. The Bertz CT molecular complexity index is 264. The molecule has 3 N–H and O–H groups in total. The van der Waals surface area contributed by atoms with Crippen molar-refractivity contribution in [2.75, 3.05) is 0 Å². The van der Waals surface area contributed by atoms with Crippen LogP contribution in [0.2, 0.25) is 0 Å². The largest absolute Gasteiger partial charge is 0.363 e. The highest BCUT2D eigenvalue weighted by Gasteiger charge is 2.33. The summed E-state index contributed by atoms with van der Waals surface area (Å²) in [5, 5.41) is 3.16. The number of Topliss-reactive ketones (excluding diaryl/α,β-unsaturated/α-hetero) is 1. The zero-order valence-electron chi connectivity index (χ0n) is 9.67. The minimum Gasteiger partial charge on any atom is -0.363 e. The van der Waals surface area contributed by atoms with Crippen LogP contribution in [0.3, 0.4) is 0 Å². The van der Waals surface area contributed by atoms with E-state index in [9.17, 15) is 9.59 Å². The summed E-state index contributed by atoms with van der Waals surface area (Å²) in [6.07, 6.45) is 3.06. The van der Waals surface area contributed by atoms with E-state index in [-0.39, 0.29) is 5.54 Å². The molecule has 4 heteroatoms. The number of nitrogens with one attached hydrogen (secondary N) is 1. The minimum atomic E-state index is -0.836. The van der Waals surface area contributed by atoms with Gasteiger partial charge in [-0.3, -0.25) is 9.59 Å². The van der Waals surface area contributed by atoms with Gasteiger partial charge >= 0.3 is 0 Å². The van der Waals surface area contributed by atoms with E-state index in [0.29, 0.717) is 5.92 Å². The predicted octanol–water partition coefficient (Wildman–Crippen LogP) is 0.598. The van der Waals surface area contributed by atoms with Crippen molar-refractivity contribution in [2.45, 2.75) is 51.6 Å². The zero-order chi connectivity index (χ0) is 11.6. The van der Waals surface area contributed by atoms with Gasteiger partial charge in [0.2, 0.25) is 5.78 Å². The fourth-order valence-corrected chi connectivity index (χ4v) is 1.61. The van der Waals surface area contributed by atoms with Crippen molar-refractivity contribution in [3.05, 3.63) is 0 Å². The second-order valence-corrected chi connectivity index (χ2v) is 5.35. The van der Waals surface area contributed by atoms with Crippen LogP contribution in [0.5, 0.6) is 0 Å². The van der Waals surface area contributed by atoms with Crippen LogP contribution in [0.15, 0.2) is 0 Å². The van der Waals surface area contributed by atoms with Gasteiger partial charge in [-0.25, -0.2) is 0 Å². The molecule has 0 radical (unpaired) electrons. The summed E-state index contributed by atoms with van der Waals surface area (Å²) >= 11 is 0. The number of amides is 1. The molecule has 0 aromatic carbocycles. The maximum Gasteiger partial charge on any atom is 0.286 e. The predicted molar refractivity (Wildman–Crippen MR) is 58.2 cm³/mol. The first kappa shape index (κ1) is 12.2. The lowest BCUT2D eigenvalue weighted by Crippen LogP contribution is -2.51. The van der Waals surface area contributed by atoms with Gasteiger partial charge in [0.1, 0.15) is 0 Å². The lowest BCUT2D eigenvalue weighted by atomic mass is 10.00. The van der Waals surface area contributed by atoms with Gasteiger partial charge in [0, 0.05) is 5.54 Å². The summed E-state index contributed by atoms with van der Waals surface area (Å²) in [6, 6.07) is -0.407. The summed E-state index contributed by atoms with van der Waals surface area (Å²) < 4.78 is 0. The Morgan fingerprint density at radius 2 is 1.93 bits per heavy atom. The first-order valence-electron chi connectivity index (χ1n) is 5.41. The SMILES string of the molecule is CC(C)(C)N[C@@H](CC1CC1)C(=O)C(N)=O. The van der Waals surface area contributed by atoms with Crippen LogP contribution in [0.1, 0.15) is 40.0 Å². The lowest BCUT2D eigenvalue weighted by molar-refractivity contribution is -0.137. The fraction of sp³-hybridized carbons (Fsp3) is 0.818. The highest BCUT2D eigenvalue weighted by Crippen LogP contribution is 2.34. The molecule has 0 saturated heterocycles. The van der Waals surface area contributed by atoms with Crippen LogP contribution in [-0.2, 0) is 9.59 Å². The number of ketones is 1. The summed E-state index contributed by atoms with van der Waals surface area (Å²) in [5.74, 6) is -0.734. The summed E-state index contributed by atoms with van der Waals surface area (Å²) in [6.45, 7) is 5.92. The van der Waals surface area contributed by atoms with E-state index in [1.54, 1.807) is 0 Å². The topological polar surface area (TPSA) is 72.2 Å². The molecule has 4 nitrogen and oxygen atoms in total. The van der Waals surface area contributed by atoms with Gasteiger partial charge in [0.15, 0.2) is 0 Å². The van der Waals surface area contributed by atoms with Gasteiger partial charge in [-0.2, -0.15) is 0 Å². The van der Waals surface area contributed by atoms with E-state index in [2.05, 4.69) is 5.32 Å². The van der Waals surface area contributed by atoms with Crippen molar-refractivity contribution < 1.29 is 9.59 Å². The molecule has 0 aromatic heterocycles. The van der Waals surface area contributed by atoms with Gasteiger partial charge in [-0.1, -0.05) is 12.8 Å². The molecule has 0 aromatic rings. The molecular weight excluding hydrogens is 192 g/mol. The molecule has 1 aliphatic carbocycles. The van der Waals surface area contributed by atoms with Crippen molar-refractivity contribution in [1.82, 2.24) is 5.32 Å². The van der Waals surface area contributed by atoms with Gasteiger partial charge in [-0.15, -0.1) is 0 Å². The van der Waals surface area contributed by atoms with Crippen molar-refractivity contribution in [2.24, 2.45) is 11.7 Å². The number of rotatable bonds is 5. The van der Waals surface area contributed by atoms with E-state index in [4.69, 9.17) is 5.73 Å². The molecule has 0 spiro atoms. The summed E-state index contributed by atoms with van der Waals surface area (Å²) in [7, 11) is 0. The molecular formula is C11H20N2O2. The third-order valence-electron chi connectivity index (χ3n) is 2.43. The zero-order valence-corrected chi connectivity index (χ0v) is 9.67. The Hall–Kier alpha value is -0.900. The van der Waals surface area contributed by atoms with Crippen molar-refractivity contribution >= 4 is 11.7 Å². The molecule has 15 heavy (non-hydrogen) atoms. The van der Waals surface area contributed by atoms with Crippen LogP contribution in [0.4, 0.5) is 0 Å². The van der Waals surface area contributed by atoms with Gasteiger partial charge in [0.05, 0.1) is 6.04 Å². The van der Waals surface area contributed by atoms with Crippen LogP contribution < -0.4 is 11.1 Å². The molecule has 1 saturated carbocycles. The normalized spacial score (nSPS) is 18.6. The smallest absolute Gasteiger partial charge is 0.286 e. The van der Waals surface area contributed by atoms with Crippen LogP contribution in [0.25, 0.3) is 0 Å². The van der Waals surface area contributed by atoms with Gasteiger partial charge < -0.3 is 11.1 Å². The molecule has 0 bridgehead atoms. The van der Waals surface area contributed by atoms with Crippen molar-refractivity contribution in [3.63, 3.8) is 0 Å². The van der Waals surface area contributed by atoms with Crippen LogP contribution >= 0.6 is 0 Å². The molecule has 86 valence electrons. The molecule has 1 aliphatic rings. The number of hydrogen-bond acceptors (Lipinski definition) is 3. The Morgan fingerprint density at radius 1 is 1.40 bits per heavy atom. The van der Waals surface area contributed by atoms with E-state index >= 15 is 0 Å². The average Bonchev–Trinajstić information content (AvgIpc) is 2.83. The molecule has 0 unspecified atom stereocenters. The Labute approximate surface area is 90.6 Å².